The number of nitrogens with two attached hydrogens (primary N) is 1. The maximum absolute atomic E-state index is 11.9. The van der Waals surface area contributed by atoms with Crippen molar-refractivity contribution in [3.63, 3.8) is 0 Å². The minimum atomic E-state index is -0.319. The summed E-state index contributed by atoms with van der Waals surface area (Å²) in [6, 6.07) is 5.63. The molecule has 0 radical (unpaired) electrons. The average Bonchev–Trinajstić information content (AvgIpc) is 2.32. The molecule has 18 heavy (non-hydrogen) atoms. The number of aryl methyl sites for hydroxylation is 1. The van der Waals surface area contributed by atoms with Crippen molar-refractivity contribution < 1.29 is 4.79 Å². The van der Waals surface area contributed by atoms with Gasteiger partial charge in [0.25, 0.3) is 0 Å². The fourth-order valence-electron chi connectivity index (χ4n) is 2.23. The number of anilines is 1. The lowest BCUT2D eigenvalue weighted by Crippen LogP contribution is -2.61. The summed E-state index contributed by atoms with van der Waals surface area (Å²) >= 11 is 6.14. The van der Waals surface area contributed by atoms with Crippen LogP contribution >= 0.6 is 11.6 Å². The summed E-state index contributed by atoms with van der Waals surface area (Å²) in [5.74, 6) is -0.0204. The minimum Gasteiger partial charge on any atom is -0.356 e. The summed E-state index contributed by atoms with van der Waals surface area (Å²) in [7, 11) is 0. The molecule has 1 saturated heterocycles. The Kier molecular flexibility index (Phi) is 3.78. The lowest BCUT2D eigenvalue weighted by atomic mass is 10.1. The van der Waals surface area contributed by atoms with E-state index in [1.165, 1.54) is 0 Å². The van der Waals surface area contributed by atoms with Gasteiger partial charge in [0.2, 0.25) is 5.91 Å². The molecule has 4 nitrogen and oxygen atoms in total. The van der Waals surface area contributed by atoms with E-state index in [-0.39, 0.29) is 18.0 Å². The first kappa shape index (κ1) is 13.2. The van der Waals surface area contributed by atoms with Gasteiger partial charge in [-0.05, 0) is 31.5 Å². The Morgan fingerprint density at radius 1 is 1.56 bits per heavy atom. The number of rotatable bonds is 2. The van der Waals surface area contributed by atoms with Crippen LogP contribution in [0.3, 0.4) is 0 Å². The zero-order valence-electron chi connectivity index (χ0n) is 10.6. The van der Waals surface area contributed by atoms with E-state index >= 15 is 0 Å². The van der Waals surface area contributed by atoms with E-state index in [2.05, 4.69) is 5.32 Å². The molecule has 0 bridgehead atoms. The molecule has 1 heterocycles. The molecule has 1 fully saturated rings. The zero-order valence-corrected chi connectivity index (χ0v) is 11.4. The van der Waals surface area contributed by atoms with Crippen molar-refractivity contribution in [3.8, 4) is 0 Å². The standard InChI is InChI=1S/C13H18ClN3O/c1-8-3-4-10(5-11(8)14)17-7-9(2)16-13(18)12(17)6-15/h3-5,9,12H,6-7,15H2,1-2H3,(H,16,18). The van der Waals surface area contributed by atoms with Gasteiger partial charge in [-0.15, -0.1) is 0 Å². The number of amides is 1. The number of piperazine rings is 1. The quantitative estimate of drug-likeness (QED) is 0.849. The summed E-state index contributed by atoms with van der Waals surface area (Å²) < 4.78 is 0. The molecule has 0 aliphatic carbocycles. The second-order valence-corrected chi connectivity index (χ2v) is 5.15. The molecule has 1 aromatic rings. The van der Waals surface area contributed by atoms with Crippen LogP contribution in [0.15, 0.2) is 18.2 Å². The molecule has 1 aliphatic rings. The predicted molar refractivity (Wildman–Crippen MR) is 74.0 cm³/mol. The largest absolute Gasteiger partial charge is 0.356 e. The molecule has 1 amide bonds. The van der Waals surface area contributed by atoms with Crippen LogP contribution in [0, 0.1) is 6.92 Å². The van der Waals surface area contributed by atoms with Gasteiger partial charge in [-0.1, -0.05) is 17.7 Å². The molecular weight excluding hydrogens is 250 g/mol. The third-order valence-corrected chi connectivity index (χ3v) is 3.66. The highest BCUT2D eigenvalue weighted by Crippen LogP contribution is 2.26. The molecule has 98 valence electrons. The molecule has 2 atom stereocenters. The molecule has 0 saturated carbocycles. The van der Waals surface area contributed by atoms with Gasteiger partial charge in [0.15, 0.2) is 0 Å². The van der Waals surface area contributed by atoms with Crippen molar-refractivity contribution in [2.75, 3.05) is 18.0 Å². The summed E-state index contributed by atoms with van der Waals surface area (Å²) in [6.07, 6.45) is 0. The number of halogens is 1. The fraction of sp³-hybridized carbons (Fsp3) is 0.462. The molecular formula is C13H18ClN3O. The Morgan fingerprint density at radius 2 is 2.28 bits per heavy atom. The van der Waals surface area contributed by atoms with Crippen molar-refractivity contribution in [2.45, 2.75) is 25.9 Å². The van der Waals surface area contributed by atoms with E-state index in [0.29, 0.717) is 11.6 Å². The van der Waals surface area contributed by atoms with Crippen molar-refractivity contribution >= 4 is 23.2 Å². The average molecular weight is 268 g/mol. The van der Waals surface area contributed by atoms with Crippen molar-refractivity contribution in [1.29, 1.82) is 0 Å². The van der Waals surface area contributed by atoms with E-state index in [1.54, 1.807) is 0 Å². The first-order chi connectivity index (χ1) is 8.52. The van der Waals surface area contributed by atoms with Crippen LogP contribution in [0.2, 0.25) is 5.02 Å². The predicted octanol–water partition coefficient (Wildman–Crippen LogP) is 1.30. The van der Waals surface area contributed by atoms with Gasteiger partial charge in [-0.2, -0.15) is 0 Å². The fourth-order valence-corrected chi connectivity index (χ4v) is 2.40. The van der Waals surface area contributed by atoms with E-state index in [9.17, 15) is 4.79 Å². The van der Waals surface area contributed by atoms with E-state index in [1.807, 2.05) is 36.9 Å². The maximum Gasteiger partial charge on any atom is 0.244 e. The summed E-state index contributed by atoms with van der Waals surface area (Å²) in [5.41, 5.74) is 7.67. The maximum atomic E-state index is 11.9. The summed E-state index contributed by atoms with van der Waals surface area (Å²) in [4.78, 5) is 13.9. The highest BCUT2D eigenvalue weighted by Gasteiger charge is 2.31. The van der Waals surface area contributed by atoms with Gasteiger partial charge in [0, 0.05) is 29.8 Å². The first-order valence-corrected chi connectivity index (χ1v) is 6.44. The Labute approximate surface area is 112 Å². The first-order valence-electron chi connectivity index (χ1n) is 6.06. The molecule has 1 aromatic carbocycles. The van der Waals surface area contributed by atoms with Crippen LogP contribution in [0.25, 0.3) is 0 Å². The Bertz CT molecular complexity index is 464. The van der Waals surface area contributed by atoms with Crippen LogP contribution in [0.5, 0.6) is 0 Å². The monoisotopic (exact) mass is 267 g/mol. The topological polar surface area (TPSA) is 58.4 Å². The number of hydrogen-bond donors (Lipinski definition) is 2. The number of nitrogens with one attached hydrogen (secondary N) is 1. The van der Waals surface area contributed by atoms with Crippen molar-refractivity contribution in [2.24, 2.45) is 5.73 Å². The second kappa shape index (κ2) is 5.16. The summed E-state index contributed by atoms with van der Waals surface area (Å²) in [5, 5.41) is 3.62. The van der Waals surface area contributed by atoms with E-state index in [4.69, 9.17) is 17.3 Å². The zero-order chi connectivity index (χ0) is 13.3. The lowest BCUT2D eigenvalue weighted by molar-refractivity contribution is -0.123. The molecule has 2 unspecified atom stereocenters. The second-order valence-electron chi connectivity index (χ2n) is 4.75. The van der Waals surface area contributed by atoms with Crippen LogP contribution in [0.4, 0.5) is 5.69 Å². The number of carbonyl (C=O) groups excluding carboxylic acids is 1. The van der Waals surface area contributed by atoms with Crippen LogP contribution < -0.4 is 16.0 Å². The number of hydrogen-bond acceptors (Lipinski definition) is 3. The molecule has 5 heteroatoms. The Morgan fingerprint density at radius 3 is 2.89 bits per heavy atom. The van der Waals surface area contributed by atoms with Gasteiger partial charge >= 0.3 is 0 Å². The highest BCUT2D eigenvalue weighted by molar-refractivity contribution is 6.31. The van der Waals surface area contributed by atoms with Crippen LogP contribution in [0.1, 0.15) is 12.5 Å². The third kappa shape index (κ3) is 2.44. The third-order valence-electron chi connectivity index (χ3n) is 3.25. The highest BCUT2D eigenvalue weighted by atomic mass is 35.5. The van der Waals surface area contributed by atoms with Gasteiger partial charge in [0.1, 0.15) is 6.04 Å². The normalized spacial score (nSPS) is 24.0. The van der Waals surface area contributed by atoms with Crippen LogP contribution in [-0.2, 0) is 4.79 Å². The van der Waals surface area contributed by atoms with Crippen molar-refractivity contribution in [3.05, 3.63) is 28.8 Å². The van der Waals surface area contributed by atoms with Crippen molar-refractivity contribution in [1.82, 2.24) is 5.32 Å². The van der Waals surface area contributed by atoms with Gasteiger partial charge in [0.05, 0.1) is 0 Å². The molecule has 3 N–H and O–H groups in total. The van der Waals surface area contributed by atoms with Crippen LogP contribution in [-0.4, -0.2) is 31.1 Å². The molecule has 0 spiro atoms. The Hall–Kier alpha value is -1.26. The SMILES string of the molecule is Cc1ccc(N2CC(C)NC(=O)C2CN)cc1Cl. The van der Waals surface area contributed by atoms with E-state index < -0.39 is 0 Å². The van der Waals surface area contributed by atoms with Gasteiger partial charge in [-0.3, -0.25) is 4.79 Å². The summed E-state index contributed by atoms with van der Waals surface area (Å²) in [6.45, 7) is 4.97. The van der Waals surface area contributed by atoms with Gasteiger partial charge in [-0.25, -0.2) is 0 Å². The smallest absolute Gasteiger partial charge is 0.244 e. The number of benzene rings is 1. The van der Waals surface area contributed by atoms with Gasteiger partial charge < -0.3 is 16.0 Å². The number of carbonyl (C=O) groups is 1. The number of nitrogens with zero attached hydrogens (tertiary/aromatic N) is 1. The Balaban J connectivity index is 2.33. The molecule has 0 aromatic heterocycles. The minimum absolute atomic E-state index is 0.0204. The molecule has 1 aliphatic heterocycles. The molecule has 2 rings (SSSR count). The van der Waals surface area contributed by atoms with E-state index in [0.717, 1.165) is 17.8 Å². The lowest BCUT2D eigenvalue weighted by Gasteiger charge is -2.39.